The number of nitrogens with one attached hydrogen (secondary N) is 4. The number of hydrogen-bond acceptors (Lipinski definition) is 8. The fourth-order valence-electron chi connectivity index (χ4n) is 13.3. The lowest BCUT2D eigenvalue weighted by molar-refractivity contribution is 0.112. The van der Waals surface area contributed by atoms with E-state index in [9.17, 15) is 40.5 Å². The van der Waals surface area contributed by atoms with Gasteiger partial charge in [-0.05, 0) is 135 Å². The minimum absolute atomic E-state index is 0. The molecule has 4 aromatic heterocycles. The first-order chi connectivity index (χ1) is 41.9. The molecular formula is C75H64N4O8. The number of rotatable bonds is 11. The Morgan fingerprint density at radius 3 is 1.39 bits per heavy atom. The van der Waals surface area contributed by atoms with E-state index in [0.717, 1.165) is 78.9 Å². The first-order valence-electron chi connectivity index (χ1n) is 28.5. The summed E-state index contributed by atoms with van der Waals surface area (Å²) in [7, 11) is 0. The Kier molecular flexibility index (Phi) is 14.9. The molecule has 0 saturated heterocycles. The minimum Gasteiger partial charge on any atom is -0.504 e. The molecule has 0 saturated carbocycles. The largest absolute Gasteiger partial charge is 0.504 e. The van der Waals surface area contributed by atoms with E-state index in [0.29, 0.717) is 29.5 Å². The Morgan fingerprint density at radius 1 is 0.460 bits per heavy atom. The third kappa shape index (κ3) is 9.62. The molecule has 2 unspecified atom stereocenters. The highest BCUT2D eigenvalue weighted by Crippen LogP contribution is 2.55. The molecule has 0 amide bonds. The second-order valence-electron chi connectivity index (χ2n) is 21.9. The van der Waals surface area contributed by atoms with E-state index in [1.54, 1.807) is 18.3 Å². The van der Waals surface area contributed by atoms with Crippen LogP contribution < -0.4 is 0 Å². The highest BCUT2D eigenvalue weighted by atomic mass is 16.3. The number of aliphatic hydroxyl groups is 1. The van der Waals surface area contributed by atoms with Crippen LogP contribution in [0.15, 0.2) is 231 Å². The lowest BCUT2D eigenvalue weighted by Crippen LogP contribution is -2.28. The van der Waals surface area contributed by atoms with Crippen LogP contribution in [0.3, 0.4) is 0 Å². The number of aromatic nitrogens is 4. The monoisotopic (exact) mass is 1150 g/mol. The molecule has 12 heteroatoms. The van der Waals surface area contributed by atoms with E-state index in [-0.39, 0.29) is 30.4 Å². The Labute approximate surface area is 502 Å². The van der Waals surface area contributed by atoms with E-state index in [2.05, 4.69) is 106 Å². The van der Waals surface area contributed by atoms with Crippen molar-refractivity contribution in [3.8, 4) is 34.5 Å². The van der Waals surface area contributed by atoms with Crippen molar-refractivity contribution in [1.29, 1.82) is 0 Å². The van der Waals surface area contributed by atoms with Crippen LogP contribution in [0.2, 0.25) is 0 Å². The summed E-state index contributed by atoms with van der Waals surface area (Å²) in [6.45, 7) is 2.12. The molecule has 12 nitrogen and oxygen atoms in total. The molecule has 9 aromatic carbocycles. The molecule has 4 heterocycles. The summed E-state index contributed by atoms with van der Waals surface area (Å²) < 4.78 is 0. The predicted molar refractivity (Wildman–Crippen MR) is 346 cm³/mol. The summed E-state index contributed by atoms with van der Waals surface area (Å²) >= 11 is 0. The highest BCUT2D eigenvalue weighted by molar-refractivity contribution is 5.95. The van der Waals surface area contributed by atoms with E-state index in [4.69, 9.17) is 0 Å². The van der Waals surface area contributed by atoms with Crippen molar-refractivity contribution in [3.05, 3.63) is 298 Å². The van der Waals surface area contributed by atoms with Crippen molar-refractivity contribution in [1.82, 2.24) is 19.9 Å². The summed E-state index contributed by atoms with van der Waals surface area (Å²) in [5.74, 6) is -2.73. The molecule has 11 N–H and O–H groups in total. The van der Waals surface area contributed by atoms with Gasteiger partial charge in [-0.3, -0.25) is 4.79 Å². The summed E-state index contributed by atoms with van der Waals surface area (Å²) in [6.07, 6.45) is 15.3. The lowest BCUT2D eigenvalue weighted by atomic mass is 9.65. The number of allylic oxidation sites excluding steroid dienone is 3. The normalized spacial score (nSPS) is 13.8. The zero-order valence-electron chi connectivity index (χ0n) is 46.8. The van der Waals surface area contributed by atoms with Gasteiger partial charge in [-0.25, -0.2) is 0 Å². The molecule has 432 valence electrons. The third-order valence-electron chi connectivity index (χ3n) is 17.4. The van der Waals surface area contributed by atoms with Gasteiger partial charge in [0.25, 0.3) is 0 Å². The zero-order chi connectivity index (χ0) is 59.3. The van der Waals surface area contributed by atoms with Gasteiger partial charge in [-0.2, -0.15) is 0 Å². The second-order valence-corrected chi connectivity index (χ2v) is 21.9. The number of benzene rings is 9. The van der Waals surface area contributed by atoms with Gasteiger partial charge in [-0.1, -0.05) is 166 Å². The SMILES string of the molecule is C.CCC(C1=CCc2ccccc21)(c1cc(O)c(O)c(O)c1)c1c[nH]c2ccccc12.O=Cc1cccc(C(c2c[nH]c3ccccc23)c2c[nH]c3ccccc23)c1.Oc1cc(C(O)(C2=CCc3ccccc32)c2c[nH]c3ccccc23)cc(O)c1O. The smallest absolute Gasteiger partial charge is 0.200 e. The fourth-order valence-corrected chi connectivity index (χ4v) is 13.3. The van der Waals surface area contributed by atoms with Crippen LogP contribution in [0, 0.1) is 0 Å². The van der Waals surface area contributed by atoms with Crippen LogP contribution in [0.5, 0.6) is 34.5 Å². The molecule has 0 spiro atoms. The maximum atomic E-state index is 12.2. The standard InChI is InChI=1S/C26H23NO3.C24H18N2O.C24H19NO4.CH4/c1-2-26(17-13-23(28)25(30)24(29)14-17,20-12-11-16-7-3-4-8-18(16)20)21-15-27-22-10-6-5-9-19(21)22;27-15-16-6-5-7-17(12-16)24(20-13-25-22-10-3-1-8-18(20)22)21-14-26-23-11-4-2-9-19(21)23;26-21-11-15(12-22(27)23(21)28)24(29,18-10-9-14-5-1-2-6-16(14)18)19-13-25-20-8-4-3-7-17(19)20;/h3-10,12-15,27-30H,2,11H2,1H3;1-15,24-26H;1-8,10-13,25-29H,9H2;1H4. The van der Waals surface area contributed by atoms with Gasteiger partial charge in [0, 0.05) is 96.4 Å². The maximum absolute atomic E-state index is 12.2. The number of H-pyrrole nitrogens is 4. The number of aldehydes is 1. The molecule has 0 aliphatic heterocycles. The summed E-state index contributed by atoms with van der Waals surface area (Å²) in [4.78, 5) is 24.7. The predicted octanol–water partition coefficient (Wildman–Crippen LogP) is 16.1. The summed E-state index contributed by atoms with van der Waals surface area (Å²) in [5.41, 5.74) is 15.0. The van der Waals surface area contributed by atoms with Crippen molar-refractivity contribution in [2.45, 2.75) is 50.5 Å². The number of hydrogen-bond donors (Lipinski definition) is 11. The average molecular weight is 1150 g/mol. The topological polar surface area (TPSA) is 222 Å². The van der Waals surface area contributed by atoms with Gasteiger partial charge >= 0.3 is 0 Å². The molecule has 13 aromatic rings. The number of para-hydroxylation sites is 4. The van der Waals surface area contributed by atoms with Gasteiger partial charge in [0.2, 0.25) is 0 Å². The molecule has 0 radical (unpaired) electrons. The van der Waals surface area contributed by atoms with Crippen LogP contribution in [0.4, 0.5) is 0 Å². The maximum Gasteiger partial charge on any atom is 0.200 e. The molecular weight excluding hydrogens is 1080 g/mol. The van der Waals surface area contributed by atoms with Crippen molar-refractivity contribution in [2.24, 2.45) is 0 Å². The Hall–Kier alpha value is -11.0. The summed E-state index contributed by atoms with van der Waals surface area (Å²) in [5, 5.41) is 77.3. The zero-order valence-corrected chi connectivity index (χ0v) is 46.8. The molecule has 2 aliphatic carbocycles. The van der Waals surface area contributed by atoms with Crippen molar-refractivity contribution >= 4 is 61.0 Å². The van der Waals surface area contributed by atoms with Gasteiger partial charge in [0.15, 0.2) is 34.5 Å². The van der Waals surface area contributed by atoms with Gasteiger partial charge in [0.1, 0.15) is 11.9 Å². The number of aromatic hydroxyl groups is 6. The van der Waals surface area contributed by atoms with Crippen LogP contribution >= 0.6 is 0 Å². The Morgan fingerprint density at radius 2 is 0.874 bits per heavy atom. The quantitative estimate of drug-likeness (QED) is 0.0441. The van der Waals surface area contributed by atoms with Gasteiger partial charge in [-0.15, -0.1) is 0 Å². The van der Waals surface area contributed by atoms with Crippen LogP contribution in [0.25, 0.3) is 54.8 Å². The van der Waals surface area contributed by atoms with E-state index < -0.39 is 34.0 Å². The second kappa shape index (κ2) is 22.9. The molecule has 87 heavy (non-hydrogen) atoms. The van der Waals surface area contributed by atoms with E-state index in [1.807, 2.05) is 121 Å². The number of aromatic amines is 4. The molecule has 0 fully saturated rings. The summed E-state index contributed by atoms with van der Waals surface area (Å²) in [6, 6.07) is 62.3. The van der Waals surface area contributed by atoms with Crippen molar-refractivity contribution in [2.75, 3.05) is 0 Å². The van der Waals surface area contributed by atoms with Crippen LogP contribution in [-0.4, -0.2) is 62.0 Å². The van der Waals surface area contributed by atoms with Crippen LogP contribution in [0.1, 0.15) is 98.2 Å². The van der Waals surface area contributed by atoms with E-state index in [1.165, 1.54) is 45.2 Å². The Balaban J connectivity index is 0.000000127. The van der Waals surface area contributed by atoms with Gasteiger partial charge < -0.3 is 55.7 Å². The van der Waals surface area contributed by atoms with E-state index >= 15 is 0 Å². The number of carbonyl (C=O) groups excluding carboxylic acids is 1. The van der Waals surface area contributed by atoms with Gasteiger partial charge in [0.05, 0.1) is 0 Å². The van der Waals surface area contributed by atoms with Crippen LogP contribution in [-0.2, 0) is 23.9 Å². The van der Waals surface area contributed by atoms with Crippen molar-refractivity contribution < 1.29 is 40.5 Å². The average Bonchev–Trinajstić information content (AvgIpc) is 1.71. The number of fused-ring (bicyclic) bond motifs is 6. The van der Waals surface area contributed by atoms with Crippen molar-refractivity contribution in [3.63, 3.8) is 0 Å². The molecule has 2 atom stereocenters. The molecule has 15 rings (SSSR count). The third-order valence-corrected chi connectivity index (χ3v) is 17.4. The first-order valence-corrected chi connectivity index (χ1v) is 28.5. The highest BCUT2D eigenvalue weighted by Gasteiger charge is 2.43. The number of phenols is 6. The Bertz CT molecular complexity index is 4690. The number of phenolic OH excluding ortho intramolecular Hbond substituents is 6. The fraction of sp³-hybridized carbons (Fsp3) is 0.107. The lowest BCUT2D eigenvalue weighted by Gasteiger charge is -2.36. The molecule has 2 aliphatic rings. The first kappa shape index (κ1) is 56.5. The number of carbonyl (C=O) groups is 1. The molecule has 0 bridgehead atoms. The minimum atomic E-state index is -1.66.